The van der Waals surface area contributed by atoms with Crippen LogP contribution in [0.1, 0.15) is 69.4 Å². The number of ether oxygens (including phenoxy) is 1. The van der Waals surface area contributed by atoms with Crippen LogP contribution in [0.4, 0.5) is 0 Å². The molecule has 7 heteroatoms. The van der Waals surface area contributed by atoms with Crippen LogP contribution in [0, 0.1) is 5.92 Å². The van der Waals surface area contributed by atoms with Crippen molar-refractivity contribution in [2.24, 2.45) is 5.92 Å². The van der Waals surface area contributed by atoms with Crippen LogP contribution < -0.4 is 10.1 Å². The first-order valence-electron chi connectivity index (χ1n) is 12.5. The van der Waals surface area contributed by atoms with Crippen molar-refractivity contribution in [3.63, 3.8) is 0 Å². The summed E-state index contributed by atoms with van der Waals surface area (Å²) in [5, 5.41) is 2.49. The zero-order chi connectivity index (χ0) is 24.8. The lowest BCUT2D eigenvalue weighted by atomic mass is 9.84. The van der Waals surface area contributed by atoms with Gasteiger partial charge in [0.1, 0.15) is 15.8 Å². The molecule has 0 radical (unpaired) electrons. The van der Waals surface area contributed by atoms with Crippen molar-refractivity contribution in [1.29, 1.82) is 0 Å². The van der Waals surface area contributed by atoms with Crippen molar-refractivity contribution in [2.75, 3.05) is 6.54 Å². The molecule has 1 aliphatic carbocycles. The summed E-state index contributed by atoms with van der Waals surface area (Å²) in [4.78, 5) is 26.6. The SMILES string of the molecule is CC(C)CN1C(=O)C(CC(=O)NCc2ccc(Oc3ccc(C4CCCCC4)cc3)cc2)SC1=S. The Hall–Kier alpha value is -2.38. The topological polar surface area (TPSA) is 58.6 Å². The third-order valence-electron chi connectivity index (χ3n) is 6.53. The maximum absolute atomic E-state index is 12.6. The van der Waals surface area contributed by atoms with Crippen molar-refractivity contribution in [3.8, 4) is 11.5 Å². The van der Waals surface area contributed by atoms with Gasteiger partial charge in [-0.05, 0) is 60.1 Å². The van der Waals surface area contributed by atoms with Gasteiger partial charge in [-0.2, -0.15) is 0 Å². The number of carbonyl (C=O) groups is 2. The van der Waals surface area contributed by atoms with E-state index in [0.717, 1.165) is 17.1 Å². The summed E-state index contributed by atoms with van der Waals surface area (Å²) < 4.78 is 6.57. The minimum atomic E-state index is -0.429. The quantitative estimate of drug-likeness (QED) is 0.395. The summed E-state index contributed by atoms with van der Waals surface area (Å²) in [5.41, 5.74) is 2.39. The third-order valence-corrected chi connectivity index (χ3v) is 8.11. The molecule has 1 saturated heterocycles. The first-order valence-corrected chi connectivity index (χ1v) is 13.8. The molecule has 2 fully saturated rings. The number of nitrogens with one attached hydrogen (secondary N) is 1. The Morgan fingerprint density at radius 3 is 2.31 bits per heavy atom. The monoisotopic (exact) mass is 510 g/mol. The molecular weight excluding hydrogens is 476 g/mol. The average molecular weight is 511 g/mol. The second kappa shape index (κ2) is 12.0. The summed E-state index contributed by atoms with van der Waals surface area (Å²) in [6, 6.07) is 16.2. The van der Waals surface area contributed by atoms with Gasteiger partial charge in [0, 0.05) is 19.5 Å². The fraction of sp³-hybridized carbons (Fsp3) is 0.464. The number of amides is 2. The molecular formula is C28H34N2O3S2. The molecule has 4 rings (SSSR count). The van der Waals surface area contributed by atoms with Gasteiger partial charge in [-0.15, -0.1) is 0 Å². The van der Waals surface area contributed by atoms with Gasteiger partial charge in [-0.3, -0.25) is 14.5 Å². The molecule has 1 aliphatic heterocycles. The van der Waals surface area contributed by atoms with Crippen molar-refractivity contribution < 1.29 is 14.3 Å². The van der Waals surface area contributed by atoms with Gasteiger partial charge < -0.3 is 10.1 Å². The van der Waals surface area contributed by atoms with Crippen LogP contribution in [-0.2, 0) is 16.1 Å². The van der Waals surface area contributed by atoms with E-state index in [0.29, 0.717) is 29.2 Å². The molecule has 1 atom stereocenters. The van der Waals surface area contributed by atoms with E-state index in [9.17, 15) is 9.59 Å². The first-order chi connectivity index (χ1) is 16.9. The van der Waals surface area contributed by atoms with Crippen LogP contribution in [0.2, 0.25) is 0 Å². The number of nitrogens with zero attached hydrogens (tertiary/aromatic N) is 1. The summed E-state index contributed by atoms with van der Waals surface area (Å²) >= 11 is 6.64. The maximum Gasteiger partial charge on any atom is 0.242 e. The third kappa shape index (κ3) is 7.07. The second-order valence-electron chi connectivity index (χ2n) is 9.85. The van der Waals surface area contributed by atoms with Gasteiger partial charge in [-0.25, -0.2) is 0 Å². The second-order valence-corrected chi connectivity index (χ2v) is 11.7. The van der Waals surface area contributed by atoms with E-state index in [4.69, 9.17) is 17.0 Å². The van der Waals surface area contributed by atoms with E-state index in [-0.39, 0.29) is 18.2 Å². The Labute approximate surface area is 218 Å². The number of hydrogen-bond donors (Lipinski definition) is 1. The molecule has 1 N–H and O–H groups in total. The molecule has 35 heavy (non-hydrogen) atoms. The average Bonchev–Trinajstić information content (AvgIpc) is 3.11. The lowest BCUT2D eigenvalue weighted by Crippen LogP contribution is -2.36. The standard InChI is InChI=1S/C28H34N2O3S2/c1-19(2)18-30-27(32)25(35-28(30)34)16-26(31)29-17-20-8-12-23(13-9-20)33-24-14-10-22(11-15-24)21-6-4-3-5-7-21/h8-15,19,21,25H,3-7,16-18H2,1-2H3,(H,29,31). The molecule has 2 amide bonds. The first kappa shape index (κ1) is 25.7. The zero-order valence-corrected chi connectivity index (χ0v) is 22.1. The Kier molecular flexibility index (Phi) is 8.84. The Morgan fingerprint density at radius 2 is 1.69 bits per heavy atom. The van der Waals surface area contributed by atoms with E-state index >= 15 is 0 Å². The summed E-state index contributed by atoms with van der Waals surface area (Å²) in [7, 11) is 0. The molecule has 186 valence electrons. The normalized spacial score (nSPS) is 18.8. The number of benzene rings is 2. The summed E-state index contributed by atoms with van der Waals surface area (Å²) in [6.45, 7) is 5.10. The predicted octanol–water partition coefficient (Wildman–Crippen LogP) is 6.42. The predicted molar refractivity (Wildman–Crippen MR) is 146 cm³/mol. The van der Waals surface area contributed by atoms with E-state index in [1.165, 1.54) is 49.4 Å². The van der Waals surface area contributed by atoms with Crippen molar-refractivity contribution in [2.45, 2.75) is 70.1 Å². The van der Waals surface area contributed by atoms with Gasteiger partial charge in [0.05, 0.1) is 5.25 Å². The Balaban J connectivity index is 1.23. The molecule has 1 heterocycles. The number of thioether (sulfide) groups is 1. The molecule has 5 nitrogen and oxygen atoms in total. The summed E-state index contributed by atoms with van der Waals surface area (Å²) in [6.07, 6.45) is 6.74. The minimum absolute atomic E-state index is 0.0582. The van der Waals surface area contributed by atoms with E-state index < -0.39 is 5.25 Å². The van der Waals surface area contributed by atoms with Crippen LogP contribution in [0.5, 0.6) is 11.5 Å². The minimum Gasteiger partial charge on any atom is -0.457 e. The van der Waals surface area contributed by atoms with Gasteiger partial charge in [-0.1, -0.05) is 81.4 Å². The maximum atomic E-state index is 12.6. The summed E-state index contributed by atoms with van der Waals surface area (Å²) in [5.74, 6) is 2.40. The van der Waals surface area contributed by atoms with Crippen molar-refractivity contribution in [1.82, 2.24) is 10.2 Å². The molecule has 0 bridgehead atoms. The van der Waals surface area contributed by atoms with Crippen molar-refractivity contribution in [3.05, 3.63) is 59.7 Å². The van der Waals surface area contributed by atoms with E-state index in [2.05, 4.69) is 17.4 Å². The zero-order valence-electron chi connectivity index (χ0n) is 20.5. The number of rotatable bonds is 9. The van der Waals surface area contributed by atoms with Crippen LogP contribution in [0.25, 0.3) is 0 Å². The van der Waals surface area contributed by atoms with Crippen LogP contribution in [0.15, 0.2) is 48.5 Å². The molecule has 0 spiro atoms. The molecule has 0 aromatic heterocycles. The number of carbonyl (C=O) groups excluding carboxylic acids is 2. The highest BCUT2D eigenvalue weighted by Crippen LogP contribution is 2.34. The van der Waals surface area contributed by atoms with Gasteiger partial charge in [0.15, 0.2) is 0 Å². The van der Waals surface area contributed by atoms with E-state index in [1.54, 1.807) is 4.90 Å². The van der Waals surface area contributed by atoms with Crippen molar-refractivity contribution >= 4 is 40.1 Å². The lowest BCUT2D eigenvalue weighted by molar-refractivity contribution is -0.129. The molecule has 2 aromatic carbocycles. The lowest BCUT2D eigenvalue weighted by Gasteiger charge is -2.22. The van der Waals surface area contributed by atoms with Gasteiger partial charge in [0.2, 0.25) is 11.8 Å². The van der Waals surface area contributed by atoms with Crippen LogP contribution >= 0.6 is 24.0 Å². The van der Waals surface area contributed by atoms with Gasteiger partial charge >= 0.3 is 0 Å². The molecule has 1 saturated carbocycles. The molecule has 2 aromatic rings. The van der Waals surface area contributed by atoms with Gasteiger partial charge in [0.25, 0.3) is 0 Å². The highest BCUT2D eigenvalue weighted by molar-refractivity contribution is 8.24. The largest absolute Gasteiger partial charge is 0.457 e. The highest BCUT2D eigenvalue weighted by Gasteiger charge is 2.38. The molecule has 2 aliphatic rings. The van der Waals surface area contributed by atoms with Crippen LogP contribution in [0.3, 0.4) is 0 Å². The smallest absolute Gasteiger partial charge is 0.242 e. The fourth-order valence-corrected chi connectivity index (χ4v) is 6.17. The number of hydrogen-bond acceptors (Lipinski definition) is 5. The Bertz CT molecular complexity index is 1030. The highest BCUT2D eigenvalue weighted by atomic mass is 32.2. The molecule has 1 unspecified atom stereocenters. The van der Waals surface area contributed by atoms with E-state index in [1.807, 2.05) is 50.2 Å². The fourth-order valence-electron chi connectivity index (χ4n) is 4.65. The van der Waals surface area contributed by atoms with Crippen LogP contribution in [-0.4, -0.2) is 32.8 Å². The number of thiocarbonyl (C=S) groups is 1. The Morgan fingerprint density at radius 1 is 1.06 bits per heavy atom.